The molecule has 0 fully saturated rings. The van der Waals surface area contributed by atoms with E-state index in [2.05, 4.69) is 0 Å². The number of nitrogens with zero attached hydrogens (tertiary/aromatic N) is 5. The van der Waals surface area contributed by atoms with Gasteiger partial charge in [-0.15, -0.1) is 0 Å². The molecule has 10 heteroatoms. The topological polar surface area (TPSA) is 91.4 Å². The number of ketones is 2. The van der Waals surface area contributed by atoms with E-state index in [0.29, 0.717) is 39.3 Å². The Morgan fingerprint density at radius 3 is 1.30 bits per heavy atom. The predicted octanol–water partition coefficient (Wildman–Crippen LogP) is 4.41. The van der Waals surface area contributed by atoms with Gasteiger partial charge in [0, 0.05) is 0 Å². The predicted molar refractivity (Wildman–Crippen MR) is 123 cm³/mol. The van der Waals surface area contributed by atoms with Gasteiger partial charge >= 0.3 is 189 Å². The average molecular weight is 474 g/mol. The van der Waals surface area contributed by atoms with Crippen molar-refractivity contribution in [1.29, 1.82) is 10.5 Å². The minimum atomic E-state index is -4.22. The van der Waals surface area contributed by atoms with E-state index in [-0.39, 0.29) is 10.3 Å². The summed E-state index contributed by atoms with van der Waals surface area (Å²) < 4.78 is 6.01. The third kappa shape index (κ3) is 3.53. The van der Waals surface area contributed by atoms with E-state index in [1.807, 2.05) is 55.6 Å². The number of rotatable bonds is 10. The maximum absolute atomic E-state index is 13.7. The molecule has 1 aliphatic carbocycles. The Hall–Kier alpha value is -1.31. The Morgan fingerprint density at radius 1 is 0.733 bits per heavy atom. The molecule has 0 unspecified atom stereocenters. The monoisotopic (exact) mass is 473 g/mol. The Morgan fingerprint density at radius 2 is 1.03 bits per heavy atom. The Balaban J connectivity index is 4.32. The van der Waals surface area contributed by atoms with Gasteiger partial charge in [-0.3, -0.25) is 0 Å². The van der Waals surface area contributed by atoms with Crippen LogP contribution in [-0.4, -0.2) is 64.8 Å². The molecule has 0 bridgehead atoms. The standard InChI is InChI=1S/C20H30Cl2N5O2P/c1-7-25(8-2)30(22,26(9-3)10-4,27(11-5)12-6)20-17(21)18(28)15(13-23)16(14-24)19(20)29/h7-12H2,1-6H3. The van der Waals surface area contributed by atoms with Crippen molar-refractivity contribution in [3.63, 3.8) is 0 Å². The maximum atomic E-state index is 13.7. The summed E-state index contributed by atoms with van der Waals surface area (Å²) in [6.07, 6.45) is -4.22. The zero-order chi connectivity index (χ0) is 23.3. The van der Waals surface area contributed by atoms with E-state index in [4.69, 9.17) is 22.8 Å². The molecule has 0 N–H and O–H groups in total. The van der Waals surface area contributed by atoms with Crippen molar-refractivity contribution in [2.75, 3.05) is 39.3 Å². The number of carbonyl (C=O) groups is 2. The summed E-state index contributed by atoms with van der Waals surface area (Å²) in [5.41, 5.74) is -1.03. The molecule has 0 aromatic heterocycles. The number of Topliss-reactive ketones (excluding diaryl/α,β-unsaturated/α-hetero) is 2. The van der Waals surface area contributed by atoms with Crippen LogP contribution in [0.2, 0.25) is 0 Å². The van der Waals surface area contributed by atoms with E-state index in [1.54, 1.807) is 12.1 Å². The summed E-state index contributed by atoms with van der Waals surface area (Å²) in [4.78, 5) is 26.7. The molecule has 30 heavy (non-hydrogen) atoms. The molecule has 0 heterocycles. The van der Waals surface area contributed by atoms with Crippen LogP contribution in [0.4, 0.5) is 0 Å². The van der Waals surface area contributed by atoms with Crippen LogP contribution in [0.3, 0.4) is 0 Å². The van der Waals surface area contributed by atoms with E-state index in [1.165, 1.54) is 0 Å². The number of halogens is 2. The van der Waals surface area contributed by atoms with Crippen LogP contribution in [0.25, 0.3) is 0 Å². The van der Waals surface area contributed by atoms with E-state index in [9.17, 15) is 20.1 Å². The zero-order valence-corrected chi connectivity index (χ0v) is 20.9. The van der Waals surface area contributed by atoms with Crippen molar-refractivity contribution in [3.05, 3.63) is 21.5 Å². The Bertz CT molecular complexity index is 825. The second kappa shape index (κ2) is 10.3. The Kier molecular flexibility index (Phi) is 9.21. The molecule has 7 nitrogen and oxygen atoms in total. The molecular weight excluding hydrogens is 444 g/mol. The van der Waals surface area contributed by atoms with Crippen LogP contribution >= 0.6 is 29.3 Å². The molecule has 1 aliphatic rings. The fraction of sp³-hybridized carbons (Fsp3) is 0.600. The average Bonchev–Trinajstić information content (AvgIpc) is 2.73. The van der Waals surface area contributed by atoms with Crippen molar-refractivity contribution in [2.24, 2.45) is 0 Å². The van der Waals surface area contributed by atoms with Crippen molar-refractivity contribution in [1.82, 2.24) is 14.0 Å². The minimum absolute atomic E-state index is 0.0546. The first kappa shape index (κ1) is 26.7. The van der Waals surface area contributed by atoms with E-state index >= 15 is 0 Å². The van der Waals surface area contributed by atoms with Crippen molar-refractivity contribution < 1.29 is 9.59 Å². The molecule has 0 saturated carbocycles. The summed E-state index contributed by atoms with van der Waals surface area (Å²) in [6.45, 7) is 14.6. The fourth-order valence-corrected chi connectivity index (χ4v) is 13.4. The molecule has 0 saturated heterocycles. The third-order valence-corrected chi connectivity index (χ3v) is 14.5. The molecule has 0 amide bonds. The second-order valence-electron chi connectivity index (χ2n) is 6.59. The van der Waals surface area contributed by atoms with Crippen LogP contribution in [0, 0.1) is 22.7 Å². The van der Waals surface area contributed by atoms with Crippen LogP contribution in [0.5, 0.6) is 0 Å². The third-order valence-electron chi connectivity index (χ3n) is 5.63. The first-order valence-electron chi connectivity index (χ1n) is 10.2. The van der Waals surface area contributed by atoms with Gasteiger partial charge < -0.3 is 0 Å². The van der Waals surface area contributed by atoms with Gasteiger partial charge in [-0.2, -0.15) is 0 Å². The molecule has 0 aromatic rings. The molecule has 0 aromatic carbocycles. The van der Waals surface area contributed by atoms with Crippen molar-refractivity contribution >= 4 is 40.8 Å². The van der Waals surface area contributed by atoms with Gasteiger partial charge in [0.2, 0.25) is 0 Å². The van der Waals surface area contributed by atoms with Gasteiger partial charge in [0.25, 0.3) is 0 Å². The molecule has 0 atom stereocenters. The number of nitriles is 2. The SMILES string of the molecule is CCN(CC)P(Cl)(C1=C(Cl)C(=O)C(C#N)=C(C#N)C1=O)(N(CC)CC)N(CC)CC. The van der Waals surface area contributed by atoms with Crippen LogP contribution in [0.1, 0.15) is 41.5 Å². The van der Waals surface area contributed by atoms with Gasteiger partial charge in [-0.05, 0) is 0 Å². The van der Waals surface area contributed by atoms with E-state index in [0.717, 1.165) is 0 Å². The summed E-state index contributed by atoms with van der Waals surface area (Å²) in [5.74, 6) is -1.57. The molecule has 0 spiro atoms. The number of allylic oxidation sites excluding steroid dienone is 4. The summed E-state index contributed by atoms with van der Waals surface area (Å²) in [5, 5.41) is 18.6. The summed E-state index contributed by atoms with van der Waals surface area (Å²) in [7, 11) is 0. The number of hydrogen-bond acceptors (Lipinski definition) is 7. The van der Waals surface area contributed by atoms with Crippen molar-refractivity contribution in [3.8, 4) is 12.1 Å². The van der Waals surface area contributed by atoms with Crippen molar-refractivity contribution in [2.45, 2.75) is 41.5 Å². The molecule has 0 aliphatic heterocycles. The normalized spacial score (nSPS) is 16.9. The van der Waals surface area contributed by atoms with Gasteiger partial charge in [0.15, 0.2) is 0 Å². The fourth-order valence-electron chi connectivity index (χ4n) is 4.35. The van der Waals surface area contributed by atoms with Gasteiger partial charge in [0.05, 0.1) is 0 Å². The van der Waals surface area contributed by atoms with Gasteiger partial charge in [-0.25, -0.2) is 0 Å². The quantitative estimate of drug-likeness (QED) is 0.342. The van der Waals surface area contributed by atoms with Gasteiger partial charge in [-0.1, -0.05) is 0 Å². The Labute approximate surface area is 189 Å². The summed E-state index contributed by atoms with van der Waals surface area (Å²) in [6, 6.07) is 3.42. The first-order valence-corrected chi connectivity index (χ1v) is 13.6. The second-order valence-corrected chi connectivity index (χ2v) is 12.7. The molecule has 0 radical (unpaired) electrons. The number of carbonyl (C=O) groups excluding carboxylic acids is 2. The molecule has 1 rings (SSSR count). The van der Waals surface area contributed by atoms with Crippen LogP contribution < -0.4 is 0 Å². The summed E-state index contributed by atoms with van der Waals surface area (Å²) >= 11 is 14.4. The van der Waals surface area contributed by atoms with Crippen LogP contribution in [-0.2, 0) is 9.59 Å². The van der Waals surface area contributed by atoms with E-state index < -0.39 is 29.1 Å². The number of hydrogen-bond donors (Lipinski definition) is 0. The van der Waals surface area contributed by atoms with Gasteiger partial charge in [0.1, 0.15) is 0 Å². The molecular formula is C20H30Cl2N5O2P. The zero-order valence-electron chi connectivity index (χ0n) is 18.5. The van der Waals surface area contributed by atoms with Crippen LogP contribution in [0.15, 0.2) is 21.5 Å². The molecule has 166 valence electrons. The first-order chi connectivity index (χ1) is 14.1.